The molecule has 2 aromatic rings. The summed E-state index contributed by atoms with van der Waals surface area (Å²) in [6, 6.07) is 16.7. The zero-order valence-electron chi connectivity index (χ0n) is 16.7. The molecule has 30 heavy (non-hydrogen) atoms. The summed E-state index contributed by atoms with van der Waals surface area (Å²) in [5, 5.41) is 5.35. The predicted octanol–water partition coefficient (Wildman–Crippen LogP) is 1.90. The minimum absolute atomic E-state index is 0.127. The highest BCUT2D eigenvalue weighted by molar-refractivity contribution is 5.98. The summed E-state index contributed by atoms with van der Waals surface area (Å²) in [5.74, 6) is -0.951. The number of hydrogen-bond acceptors (Lipinski definition) is 4. The molecular formula is C23H26N4O3. The zero-order chi connectivity index (χ0) is 21.3. The van der Waals surface area contributed by atoms with Crippen LogP contribution in [0.25, 0.3) is 6.08 Å². The van der Waals surface area contributed by atoms with Crippen LogP contribution in [-0.4, -0.2) is 41.8 Å². The minimum atomic E-state index is -0.339. The lowest BCUT2D eigenvalue weighted by atomic mass is 10.1. The third-order valence-electron chi connectivity index (χ3n) is 4.94. The molecule has 3 amide bonds. The van der Waals surface area contributed by atoms with E-state index in [9.17, 15) is 14.4 Å². The fourth-order valence-electron chi connectivity index (χ4n) is 3.49. The van der Waals surface area contributed by atoms with Crippen molar-refractivity contribution in [3.05, 3.63) is 71.8 Å². The summed E-state index contributed by atoms with van der Waals surface area (Å²) in [7, 11) is 0. The summed E-state index contributed by atoms with van der Waals surface area (Å²) in [5.41, 5.74) is 8.00. The van der Waals surface area contributed by atoms with Gasteiger partial charge in [-0.1, -0.05) is 42.5 Å². The summed E-state index contributed by atoms with van der Waals surface area (Å²) in [6.45, 7) is 1.29. The van der Waals surface area contributed by atoms with E-state index in [0.717, 1.165) is 30.5 Å². The fraction of sp³-hybridized carbons (Fsp3) is 0.261. The smallest absolute Gasteiger partial charge is 0.244 e. The van der Waals surface area contributed by atoms with Crippen molar-refractivity contribution in [2.24, 2.45) is 5.73 Å². The fourth-order valence-corrected chi connectivity index (χ4v) is 3.49. The van der Waals surface area contributed by atoms with Gasteiger partial charge < -0.3 is 16.4 Å². The van der Waals surface area contributed by atoms with Gasteiger partial charge in [0.2, 0.25) is 17.7 Å². The van der Waals surface area contributed by atoms with Crippen LogP contribution in [0.1, 0.15) is 24.0 Å². The molecule has 156 valence electrons. The highest BCUT2D eigenvalue weighted by atomic mass is 16.2. The van der Waals surface area contributed by atoms with E-state index in [1.54, 1.807) is 12.1 Å². The Morgan fingerprint density at radius 1 is 1.10 bits per heavy atom. The highest BCUT2D eigenvalue weighted by Gasteiger charge is 2.28. The van der Waals surface area contributed by atoms with Crippen molar-refractivity contribution in [2.75, 3.05) is 18.4 Å². The first-order valence-electron chi connectivity index (χ1n) is 9.94. The Bertz CT molecular complexity index is 927. The topological polar surface area (TPSA) is 105 Å². The molecule has 1 saturated heterocycles. The molecule has 0 bridgehead atoms. The minimum Gasteiger partial charge on any atom is -0.368 e. The van der Waals surface area contributed by atoms with E-state index < -0.39 is 0 Å². The molecule has 1 aliphatic heterocycles. The summed E-state index contributed by atoms with van der Waals surface area (Å²) < 4.78 is 0. The molecule has 7 nitrogen and oxygen atoms in total. The number of likely N-dealkylation sites (tertiary alicyclic amines) is 1. The van der Waals surface area contributed by atoms with Crippen molar-refractivity contribution in [1.29, 1.82) is 0 Å². The van der Waals surface area contributed by atoms with Crippen molar-refractivity contribution in [1.82, 2.24) is 10.2 Å². The molecule has 1 atom stereocenters. The number of nitrogens with zero attached hydrogens (tertiary/aromatic N) is 1. The van der Waals surface area contributed by atoms with Crippen LogP contribution in [0, 0.1) is 0 Å². The molecule has 1 unspecified atom stereocenters. The van der Waals surface area contributed by atoms with Gasteiger partial charge in [0.05, 0.1) is 12.6 Å². The lowest BCUT2D eigenvalue weighted by Gasteiger charge is -2.22. The molecule has 1 aliphatic rings. The molecule has 0 radical (unpaired) electrons. The second kappa shape index (κ2) is 10.4. The van der Waals surface area contributed by atoms with Crippen LogP contribution in [0.4, 0.5) is 5.69 Å². The molecule has 0 saturated carbocycles. The van der Waals surface area contributed by atoms with E-state index in [1.807, 2.05) is 48.5 Å². The first kappa shape index (κ1) is 21.3. The number of benzene rings is 2. The van der Waals surface area contributed by atoms with Gasteiger partial charge in [-0.15, -0.1) is 0 Å². The van der Waals surface area contributed by atoms with Gasteiger partial charge in [0.15, 0.2) is 0 Å². The number of nitrogens with one attached hydrogen (secondary N) is 2. The lowest BCUT2D eigenvalue weighted by Crippen LogP contribution is -2.39. The van der Waals surface area contributed by atoms with Crippen molar-refractivity contribution in [2.45, 2.75) is 25.4 Å². The van der Waals surface area contributed by atoms with Crippen molar-refractivity contribution in [3.63, 3.8) is 0 Å². The van der Waals surface area contributed by atoms with Gasteiger partial charge in [-0.25, -0.2) is 0 Å². The van der Waals surface area contributed by atoms with E-state index in [4.69, 9.17) is 5.73 Å². The molecular weight excluding hydrogens is 380 g/mol. The number of nitrogens with two attached hydrogens (primary N) is 1. The van der Waals surface area contributed by atoms with Crippen molar-refractivity contribution >= 4 is 29.5 Å². The Labute approximate surface area is 175 Å². The number of hydrogen-bond donors (Lipinski definition) is 3. The number of amides is 3. The Morgan fingerprint density at radius 3 is 2.67 bits per heavy atom. The Kier molecular flexibility index (Phi) is 7.34. The SMILES string of the molecule is NC(=O)C1CCCN1Cc1cccc(NC(=O)CNC(=O)/C=C/c2ccccc2)c1. The first-order valence-corrected chi connectivity index (χ1v) is 9.94. The van der Waals surface area contributed by atoms with Gasteiger partial charge in [0.25, 0.3) is 0 Å². The Morgan fingerprint density at radius 2 is 1.90 bits per heavy atom. The van der Waals surface area contributed by atoms with Gasteiger partial charge in [-0.3, -0.25) is 19.3 Å². The molecule has 0 spiro atoms. The second-order valence-corrected chi connectivity index (χ2v) is 7.24. The van der Waals surface area contributed by atoms with Gasteiger partial charge in [-0.2, -0.15) is 0 Å². The largest absolute Gasteiger partial charge is 0.368 e. The third kappa shape index (κ3) is 6.28. The van der Waals surface area contributed by atoms with Gasteiger partial charge in [0.1, 0.15) is 0 Å². The van der Waals surface area contributed by atoms with Crippen LogP contribution in [0.15, 0.2) is 60.7 Å². The number of primary amides is 1. The van der Waals surface area contributed by atoms with Gasteiger partial charge in [0, 0.05) is 18.3 Å². The quantitative estimate of drug-likeness (QED) is 0.583. The first-order chi connectivity index (χ1) is 14.5. The molecule has 2 aromatic carbocycles. The van der Waals surface area contributed by atoms with E-state index in [-0.39, 0.29) is 30.3 Å². The summed E-state index contributed by atoms with van der Waals surface area (Å²) >= 11 is 0. The molecule has 4 N–H and O–H groups in total. The van der Waals surface area contributed by atoms with Crippen LogP contribution >= 0.6 is 0 Å². The van der Waals surface area contributed by atoms with Crippen molar-refractivity contribution < 1.29 is 14.4 Å². The van der Waals surface area contributed by atoms with E-state index in [1.165, 1.54) is 6.08 Å². The standard InChI is InChI=1S/C23H26N4O3/c24-23(30)20-10-5-13-27(20)16-18-8-4-9-19(14-18)26-22(29)15-25-21(28)12-11-17-6-2-1-3-7-17/h1-4,6-9,11-12,14,20H,5,10,13,15-16H2,(H2,24,30)(H,25,28)(H,26,29)/b12-11+. The number of carbonyl (C=O) groups is 3. The Balaban J connectivity index is 1.48. The number of anilines is 1. The van der Waals surface area contributed by atoms with Crippen LogP contribution < -0.4 is 16.4 Å². The van der Waals surface area contributed by atoms with Crippen LogP contribution in [0.5, 0.6) is 0 Å². The molecule has 0 aromatic heterocycles. The monoisotopic (exact) mass is 406 g/mol. The second-order valence-electron chi connectivity index (χ2n) is 7.24. The molecule has 7 heteroatoms. The van der Waals surface area contributed by atoms with Gasteiger partial charge >= 0.3 is 0 Å². The van der Waals surface area contributed by atoms with Crippen LogP contribution in [-0.2, 0) is 20.9 Å². The number of carbonyl (C=O) groups excluding carboxylic acids is 3. The maximum Gasteiger partial charge on any atom is 0.244 e. The highest BCUT2D eigenvalue weighted by Crippen LogP contribution is 2.21. The summed E-state index contributed by atoms with van der Waals surface area (Å²) in [4.78, 5) is 37.7. The van der Waals surface area contributed by atoms with Crippen LogP contribution in [0.3, 0.4) is 0 Å². The van der Waals surface area contributed by atoms with Crippen molar-refractivity contribution in [3.8, 4) is 0 Å². The van der Waals surface area contributed by atoms with Gasteiger partial charge in [-0.05, 0) is 48.7 Å². The normalized spacial score (nSPS) is 16.5. The summed E-state index contributed by atoms with van der Waals surface area (Å²) in [6.07, 6.45) is 4.81. The maximum atomic E-state index is 12.2. The molecule has 1 heterocycles. The van der Waals surface area contributed by atoms with E-state index in [0.29, 0.717) is 12.2 Å². The van der Waals surface area contributed by atoms with E-state index >= 15 is 0 Å². The molecule has 0 aliphatic carbocycles. The Hall–Kier alpha value is -3.45. The predicted molar refractivity (Wildman–Crippen MR) is 116 cm³/mol. The molecule has 1 fully saturated rings. The molecule has 3 rings (SSSR count). The zero-order valence-corrected chi connectivity index (χ0v) is 16.7. The average Bonchev–Trinajstić information content (AvgIpc) is 3.20. The maximum absolute atomic E-state index is 12.2. The van der Waals surface area contributed by atoms with Crippen LogP contribution in [0.2, 0.25) is 0 Å². The average molecular weight is 406 g/mol. The van der Waals surface area contributed by atoms with E-state index in [2.05, 4.69) is 15.5 Å². The third-order valence-corrected chi connectivity index (χ3v) is 4.94. The number of rotatable bonds is 8. The lowest BCUT2D eigenvalue weighted by molar-refractivity contribution is -0.122.